The van der Waals surface area contributed by atoms with E-state index in [9.17, 15) is 0 Å². The van der Waals surface area contributed by atoms with Gasteiger partial charge in [-0.1, -0.05) is 72.3 Å². The average Bonchev–Trinajstić information content (AvgIpc) is 3.17. The first-order chi connectivity index (χ1) is 15.2. The molecule has 0 aliphatic heterocycles. The van der Waals surface area contributed by atoms with Gasteiger partial charge in [0.2, 0.25) is 0 Å². The van der Waals surface area contributed by atoms with Crippen LogP contribution in [-0.4, -0.2) is 4.40 Å². The lowest BCUT2D eigenvalue weighted by molar-refractivity contribution is -0.509. The van der Waals surface area contributed by atoms with E-state index < -0.39 is 0 Å². The summed E-state index contributed by atoms with van der Waals surface area (Å²) < 4.78 is 4.60. The van der Waals surface area contributed by atoms with Crippen molar-refractivity contribution in [1.29, 1.82) is 0 Å². The number of aryl methyl sites for hydroxylation is 1. The Hall–Kier alpha value is -3.62. The van der Waals surface area contributed by atoms with Crippen LogP contribution in [0.5, 0.6) is 0 Å². The van der Waals surface area contributed by atoms with E-state index in [1.54, 1.807) is 0 Å². The fraction of sp³-hybridized carbons (Fsp3) is 0.0357. The number of benzene rings is 3. The van der Waals surface area contributed by atoms with Crippen LogP contribution in [0.4, 0.5) is 0 Å². The summed E-state index contributed by atoms with van der Waals surface area (Å²) in [6.45, 7) is 2.14. The Labute approximate surface area is 185 Å². The van der Waals surface area contributed by atoms with Crippen LogP contribution in [0.15, 0.2) is 103 Å². The number of pyridine rings is 2. The van der Waals surface area contributed by atoms with E-state index in [1.807, 2.05) is 6.07 Å². The maximum atomic E-state index is 6.52. The quantitative estimate of drug-likeness (QED) is 0.264. The Morgan fingerprint density at radius 2 is 1.45 bits per heavy atom. The lowest BCUT2D eigenvalue weighted by atomic mass is 9.93. The third-order valence-corrected chi connectivity index (χ3v) is 6.18. The summed E-state index contributed by atoms with van der Waals surface area (Å²) in [7, 11) is 0. The molecule has 0 atom stereocenters. The van der Waals surface area contributed by atoms with Crippen LogP contribution in [0.2, 0.25) is 5.02 Å². The van der Waals surface area contributed by atoms with Gasteiger partial charge in [0.05, 0.1) is 6.20 Å². The van der Waals surface area contributed by atoms with Gasteiger partial charge in [-0.25, -0.2) is 4.40 Å². The molecule has 3 aromatic heterocycles. The Morgan fingerprint density at radius 3 is 2.19 bits per heavy atom. The molecule has 0 aliphatic carbocycles. The second-order valence-electron chi connectivity index (χ2n) is 7.96. The Morgan fingerprint density at radius 1 is 0.742 bits per heavy atom. The van der Waals surface area contributed by atoms with E-state index in [2.05, 4.69) is 113 Å². The number of imidazole rings is 1. The number of hydrogen-bond donors (Lipinski definition) is 0. The molecule has 31 heavy (non-hydrogen) atoms. The maximum Gasteiger partial charge on any atom is 0.292 e. The van der Waals surface area contributed by atoms with Crippen LogP contribution in [0, 0.1) is 6.92 Å². The summed E-state index contributed by atoms with van der Waals surface area (Å²) in [4.78, 5) is 0. The Bertz CT molecular complexity index is 1580. The third-order valence-electron chi connectivity index (χ3n) is 5.95. The van der Waals surface area contributed by atoms with E-state index in [4.69, 9.17) is 11.6 Å². The molecule has 0 radical (unpaired) electrons. The number of hydrogen-bond acceptors (Lipinski definition) is 0. The highest BCUT2D eigenvalue weighted by Gasteiger charge is 2.25. The molecule has 0 saturated carbocycles. The molecule has 3 aromatic carbocycles. The number of halogens is 1. The van der Waals surface area contributed by atoms with Crippen molar-refractivity contribution in [2.24, 2.45) is 0 Å². The highest BCUT2D eigenvalue weighted by atomic mass is 35.5. The van der Waals surface area contributed by atoms with Crippen LogP contribution in [0.1, 0.15) is 5.56 Å². The molecular weight excluding hydrogens is 400 g/mol. The molecule has 0 fully saturated rings. The zero-order valence-electron chi connectivity index (χ0n) is 17.1. The summed E-state index contributed by atoms with van der Waals surface area (Å²) in [6.07, 6.45) is 4.35. The minimum atomic E-state index is 0.743. The molecule has 0 unspecified atom stereocenters. The highest BCUT2D eigenvalue weighted by molar-refractivity contribution is 6.32. The second kappa shape index (κ2) is 6.97. The average molecular weight is 420 g/mol. The van der Waals surface area contributed by atoms with E-state index in [0.717, 1.165) is 21.6 Å². The van der Waals surface area contributed by atoms with Gasteiger partial charge in [0.1, 0.15) is 11.9 Å². The van der Waals surface area contributed by atoms with E-state index >= 15 is 0 Å². The molecule has 148 valence electrons. The first-order valence-corrected chi connectivity index (χ1v) is 10.8. The van der Waals surface area contributed by atoms with Crippen molar-refractivity contribution < 1.29 is 4.40 Å². The van der Waals surface area contributed by atoms with Crippen molar-refractivity contribution in [2.45, 2.75) is 6.92 Å². The summed E-state index contributed by atoms with van der Waals surface area (Å²) in [6, 6.07) is 31.8. The molecule has 3 heterocycles. The minimum Gasteiger partial charge on any atom is -0.202 e. The standard InChI is InChI=1S/C28H20ClN2/c1-19-14-15-30-18-25-23-13-12-22(29)17-24(23)27(20-8-4-2-5-9-20)28(31(25)26(30)16-19)21-10-6-3-7-11-21/h2-18H,1H3/q+1. The highest BCUT2D eigenvalue weighted by Crippen LogP contribution is 2.41. The second-order valence-corrected chi connectivity index (χ2v) is 8.40. The van der Waals surface area contributed by atoms with Crippen molar-refractivity contribution in [1.82, 2.24) is 4.40 Å². The lowest BCUT2D eigenvalue weighted by Crippen LogP contribution is -2.17. The zero-order chi connectivity index (χ0) is 20.9. The van der Waals surface area contributed by atoms with Crippen LogP contribution in [0.25, 0.3) is 44.3 Å². The van der Waals surface area contributed by atoms with Crippen molar-refractivity contribution in [3.63, 3.8) is 0 Å². The molecule has 0 bridgehead atoms. The minimum absolute atomic E-state index is 0.743. The molecule has 2 nitrogen and oxygen atoms in total. The van der Waals surface area contributed by atoms with Crippen LogP contribution in [0.3, 0.4) is 0 Å². The van der Waals surface area contributed by atoms with E-state index in [0.29, 0.717) is 0 Å². The van der Waals surface area contributed by atoms with Crippen molar-refractivity contribution in [3.05, 3.63) is 114 Å². The molecule has 0 saturated heterocycles. The van der Waals surface area contributed by atoms with Crippen LogP contribution < -0.4 is 4.40 Å². The summed E-state index contributed by atoms with van der Waals surface area (Å²) in [5, 5.41) is 3.09. The van der Waals surface area contributed by atoms with Gasteiger partial charge in [0.25, 0.3) is 5.65 Å². The van der Waals surface area contributed by atoms with Gasteiger partial charge in [0.15, 0.2) is 5.52 Å². The first kappa shape index (κ1) is 18.2. The fourth-order valence-corrected chi connectivity index (χ4v) is 4.75. The summed E-state index contributed by atoms with van der Waals surface area (Å²) in [5.41, 5.74) is 8.25. The molecule has 6 aromatic rings. The number of nitrogens with zero attached hydrogens (tertiary/aromatic N) is 2. The summed E-state index contributed by atoms with van der Waals surface area (Å²) in [5.74, 6) is 0. The maximum absolute atomic E-state index is 6.52. The number of fused-ring (bicyclic) bond motifs is 5. The number of rotatable bonds is 2. The van der Waals surface area contributed by atoms with Gasteiger partial charge in [-0.3, -0.25) is 0 Å². The molecule has 0 N–H and O–H groups in total. The predicted molar refractivity (Wildman–Crippen MR) is 129 cm³/mol. The predicted octanol–water partition coefficient (Wildman–Crippen LogP) is 7.13. The van der Waals surface area contributed by atoms with Crippen LogP contribution in [-0.2, 0) is 0 Å². The van der Waals surface area contributed by atoms with Gasteiger partial charge in [-0.2, -0.15) is 4.40 Å². The van der Waals surface area contributed by atoms with Gasteiger partial charge in [-0.15, -0.1) is 0 Å². The summed E-state index contributed by atoms with van der Waals surface area (Å²) >= 11 is 6.52. The van der Waals surface area contributed by atoms with Gasteiger partial charge >= 0.3 is 0 Å². The smallest absolute Gasteiger partial charge is 0.202 e. The van der Waals surface area contributed by atoms with E-state index in [-0.39, 0.29) is 0 Å². The Kier molecular flexibility index (Phi) is 4.09. The van der Waals surface area contributed by atoms with Crippen LogP contribution >= 0.6 is 11.6 Å². The lowest BCUT2D eigenvalue weighted by Gasteiger charge is -2.14. The van der Waals surface area contributed by atoms with Crippen molar-refractivity contribution in [2.75, 3.05) is 0 Å². The van der Waals surface area contributed by atoms with Gasteiger partial charge < -0.3 is 0 Å². The largest absolute Gasteiger partial charge is 0.292 e. The molecule has 6 rings (SSSR count). The first-order valence-electron chi connectivity index (χ1n) is 10.4. The number of aromatic nitrogens is 2. The monoisotopic (exact) mass is 419 g/mol. The molecule has 0 amide bonds. The Balaban J connectivity index is 1.95. The van der Waals surface area contributed by atoms with Crippen molar-refractivity contribution >= 4 is 33.5 Å². The molecule has 0 aliphatic rings. The van der Waals surface area contributed by atoms with E-state index in [1.165, 1.54) is 33.3 Å². The molecule has 0 spiro atoms. The molecular formula is C28H20ClN2+. The third kappa shape index (κ3) is 2.83. The topological polar surface area (TPSA) is 8.51 Å². The SMILES string of the molecule is Cc1cc[n+]2cc3c4ccc(Cl)cc4c(-c4ccccc4)c(-c4ccccc4)n3c2c1. The van der Waals surface area contributed by atoms with Gasteiger partial charge in [-0.05, 0) is 47.7 Å². The fourth-order valence-electron chi connectivity index (χ4n) is 4.58. The molecule has 3 heteroatoms. The van der Waals surface area contributed by atoms with Crippen molar-refractivity contribution in [3.8, 4) is 22.4 Å². The van der Waals surface area contributed by atoms with Gasteiger partial charge in [0, 0.05) is 27.6 Å². The zero-order valence-corrected chi connectivity index (χ0v) is 17.8. The normalized spacial score (nSPS) is 11.5.